The maximum atomic E-state index is 16.0. The Bertz CT molecular complexity index is 922. The van der Waals surface area contributed by atoms with E-state index in [4.69, 9.17) is 23.2 Å². The van der Waals surface area contributed by atoms with Crippen LogP contribution in [0.15, 0.2) is 45.3 Å². The zero-order valence-electron chi connectivity index (χ0n) is 16.5. The minimum absolute atomic E-state index is 0.0661. The maximum absolute atomic E-state index is 16.0. The van der Waals surface area contributed by atoms with Gasteiger partial charge in [-0.25, -0.2) is 4.39 Å². The number of nitrogens with zero attached hydrogens (tertiary/aromatic N) is 1. The molecule has 0 bridgehead atoms. The molecule has 1 fully saturated rings. The number of hydrogen-bond acceptors (Lipinski definition) is 2. The van der Waals surface area contributed by atoms with Gasteiger partial charge in [0.15, 0.2) is 0 Å². The van der Waals surface area contributed by atoms with Gasteiger partial charge < -0.3 is 10.2 Å². The summed E-state index contributed by atoms with van der Waals surface area (Å²) in [6.45, 7) is 1.60. The van der Waals surface area contributed by atoms with Crippen LogP contribution in [0.4, 0.5) is 4.39 Å². The third-order valence-corrected chi connectivity index (χ3v) is 8.52. The zero-order valence-corrected chi connectivity index (χ0v) is 21.2. The van der Waals surface area contributed by atoms with Crippen LogP contribution in [0.1, 0.15) is 36.3 Å². The van der Waals surface area contributed by atoms with Crippen molar-refractivity contribution < 1.29 is 9.18 Å². The Labute approximate surface area is 203 Å². The van der Waals surface area contributed by atoms with Gasteiger partial charge in [-0.2, -0.15) is 0 Å². The van der Waals surface area contributed by atoms with Crippen LogP contribution in [-0.4, -0.2) is 36.6 Å². The van der Waals surface area contributed by atoms with E-state index < -0.39 is 11.6 Å². The summed E-state index contributed by atoms with van der Waals surface area (Å²) < 4.78 is 17.9. The lowest BCUT2D eigenvalue weighted by Crippen LogP contribution is -2.44. The normalized spacial score (nSPS) is 16.9. The number of halogens is 5. The van der Waals surface area contributed by atoms with Crippen molar-refractivity contribution in [2.24, 2.45) is 0 Å². The van der Waals surface area contributed by atoms with Crippen molar-refractivity contribution in [2.45, 2.75) is 37.4 Å². The molecule has 1 aliphatic heterocycles. The third kappa shape index (κ3) is 5.57. The van der Waals surface area contributed by atoms with E-state index in [1.807, 2.05) is 18.2 Å². The van der Waals surface area contributed by atoms with Crippen LogP contribution in [0.2, 0.25) is 10.0 Å². The fraction of sp³-hybridized carbons (Fsp3) is 0.409. The van der Waals surface area contributed by atoms with Crippen LogP contribution >= 0.6 is 55.1 Å². The van der Waals surface area contributed by atoms with Crippen LogP contribution in [-0.2, 0) is 11.3 Å². The van der Waals surface area contributed by atoms with Gasteiger partial charge in [-0.3, -0.25) is 4.79 Å². The van der Waals surface area contributed by atoms with E-state index in [-0.39, 0.29) is 12.3 Å². The predicted molar refractivity (Wildman–Crippen MR) is 128 cm³/mol. The van der Waals surface area contributed by atoms with E-state index in [2.05, 4.69) is 37.2 Å². The first-order valence-electron chi connectivity index (χ1n) is 9.73. The second-order valence-corrected chi connectivity index (χ2v) is 10.1. The molecule has 1 N–H and O–H groups in total. The Morgan fingerprint density at radius 1 is 1.20 bits per heavy atom. The molecular weight excluding hydrogens is 558 g/mol. The van der Waals surface area contributed by atoms with Crippen molar-refractivity contribution in [2.75, 3.05) is 20.1 Å². The number of benzene rings is 2. The fourth-order valence-corrected chi connectivity index (χ4v) is 4.97. The van der Waals surface area contributed by atoms with Crippen molar-refractivity contribution in [3.05, 3.63) is 66.5 Å². The highest BCUT2D eigenvalue weighted by atomic mass is 79.9. The van der Waals surface area contributed by atoms with Crippen LogP contribution in [0.3, 0.4) is 0 Å². The molecule has 162 valence electrons. The Balaban J connectivity index is 1.83. The van der Waals surface area contributed by atoms with Gasteiger partial charge in [0.05, 0.1) is 10.0 Å². The molecule has 1 amide bonds. The molecular formula is C22H23Br2Cl2FN2O. The average molecular weight is 581 g/mol. The molecule has 0 saturated carbocycles. The number of hydrogen-bond donors (Lipinski definition) is 1. The van der Waals surface area contributed by atoms with Gasteiger partial charge in [-0.1, -0.05) is 41.4 Å². The molecule has 2 aromatic rings. The lowest BCUT2D eigenvalue weighted by atomic mass is 9.75. The number of alkyl halides is 1. The van der Waals surface area contributed by atoms with Crippen molar-refractivity contribution >= 4 is 61.0 Å². The van der Waals surface area contributed by atoms with Crippen molar-refractivity contribution in [3.63, 3.8) is 0 Å². The van der Waals surface area contributed by atoms with Crippen LogP contribution in [0.5, 0.6) is 0 Å². The minimum Gasteiger partial charge on any atom is -0.341 e. The topological polar surface area (TPSA) is 32.3 Å². The number of nitrogens with one attached hydrogen (secondary N) is 1. The number of carbonyl (C=O) groups excluding carboxylic acids is 1. The molecule has 0 aliphatic carbocycles. The first kappa shape index (κ1) is 24.0. The molecule has 3 rings (SSSR count). The van der Waals surface area contributed by atoms with E-state index in [1.165, 1.54) is 0 Å². The third-order valence-electron chi connectivity index (χ3n) is 5.65. The molecule has 1 unspecified atom stereocenters. The molecule has 1 saturated heterocycles. The molecule has 8 heteroatoms. The summed E-state index contributed by atoms with van der Waals surface area (Å²) >= 11 is 19.3. The van der Waals surface area contributed by atoms with Gasteiger partial charge >= 0.3 is 0 Å². The summed E-state index contributed by atoms with van der Waals surface area (Å²) in [6.07, 6.45) is 0.773. The second-order valence-electron chi connectivity index (χ2n) is 7.68. The summed E-state index contributed by atoms with van der Waals surface area (Å²) in [7, 11) is 1.74. The zero-order chi connectivity index (χ0) is 21.9. The first-order chi connectivity index (χ1) is 14.2. The lowest BCUT2D eigenvalue weighted by molar-refractivity contribution is -0.132. The van der Waals surface area contributed by atoms with Crippen molar-refractivity contribution in [1.29, 1.82) is 0 Å². The number of rotatable bonds is 6. The highest BCUT2D eigenvalue weighted by Gasteiger charge is 2.42. The van der Waals surface area contributed by atoms with E-state index in [0.717, 1.165) is 14.5 Å². The average Bonchev–Trinajstić information content (AvgIpc) is 2.72. The summed E-state index contributed by atoms with van der Waals surface area (Å²) in [6, 6.07) is 10.9. The van der Waals surface area contributed by atoms with Gasteiger partial charge in [0, 0.05) is 34.9 Å². The Morgan fingerprint density at radius 3 is 2.57 bits per heavy atom. The van der Waals surface area contributed by atoms with Crippen LogP contribution in [0, 0.1) is 0 Å². The highest BCUT2D eigenvalue weighted by Crippen LogP contribution is 2.42. The van der Waals surface area contributed by atoms with Gasteiger partial charge in [-0.05, 0) is 87.1 Å². The maximum Gasteiger partial charge on any atom is 0.223 e. The molecule has 2 aromatic carbocycles. The molecule has 0 radical (unpaired) electrons. The molecule has 30 heavy (non-hydrogen) atoms. The Hall–Kier alpha value is -0.660. The van der Waals surface area contributed by atoms with Crippen LogP contribution < -0.4 is 5.32 Å². The number of amides is 1. The minimum atomic E-state index is -1.48. The number of piperidine rings is 1. The van der Waals surface area contributed by atoms with Gasteiger partial charge in [0.1, 0.15) is 5.67 Å². The first-order valence-corrected chi connectivity index (χ1v) is 12.1. The molecule has 1 heterocycles. The van der Waals surface area contributed by atoms with E-state index in [0.29, 0.717) is 48.1 Å². The summed E-state index contributed by atoms with van der Waals surface area (Å²) in [4.78, 5) is 14.8. The lowest BCUT2D eigenvalue weighted by Gasteiger charge is -2.38. The standard InChI is InChI=1S/C22H23Br2Cl2FN2O/c1-29(13-15-3-2-4-17(23)21(15)24)20(30)12-16(22(27)7-9-28-10-8-22)14-5-6-18(25)19(26)11-14/h2-6,11,16,28H,7-10,12-13H2,1H3. The second kappa shape index (κ2) is 10.3. The van der Waals surface area contributed by atoms with E-state index in [9.17, 15) is 4.79 Å². The molecule has 1 atom stereocenters. The number of carbonyl (C=O) groups is 1. The summed E-state index contributed by atoms with van der Waals surface area (Å²) in [5.41, 5.74) is 0.206. The van der Waals surface area contributed by atoms with E-state index in [1.54, 1.807) is 30.1 Å². The largest absolute Gasteiger partial charge is 0.341 e. The van der Waals surface area contributed by atoms with Gasteiger partial charge in [0.2, 0.25) is 5.91 Å². The quantitative estimate of drug-likeness (QED) is 0.410. The highest BCUT2D eigenvalue weighted by molar-refractivity contribution is 9.13. The van der Waals surface area contributed by atoms with E-state index >= 15 is 4.39 Å². The molecule has 3 nitrogen and oxygen atoms in total. The Morgan fingerprint density at radius 2 is 1.90 bits per heavy atom. The monoisotopic (exact) mass is 578 g/mol. The molecule has 0 aromatic heterocycles. The fourth-order valence-electron chi connectivity index (χ4n) is 3.86. The van der Waals surface area contributed by atoms with Crippen LogP contribution in [0.25, 0.3) is 0 Å². The van der Waals surface area contributed by atoms with Gasteiger partial charge in [0.25, 0.3) is 0 Å². The summed E-state index contributed by atoms with van der Waals surface area (Å²) in [5.74, 6) is -0.705. The SMILES string of the molecule is CN(Cc1cccc(Br)c1Br)C(=O)CC(c1ccc(Cl)c(Cl)c1)C1(F)CCNCC1. The predicted octanol–water partition coefficient (Wildman–Crippen LogP) is 6.74. The molecule has 0 spiro atoms. The molecule has 1 aliphatic rings. The van der Waals surface area contributed by atoms with Gasteiger partial charge in [-0.15, -0.1) is 0 Å². The van der Waals surface area contributed by atoms with Crippen molar-refractivity contribution in [1.82, 2.24) is 10.2 Å². The Kier molecular flexibility index (Phi) is 8.24. The van der Waals surface area contributed by atoms with Crippen molar-refractivity contribution in [3.8, 4) is 0 Å². The summed E-state index contributed by atoms with van der Waals surface area (Å²) in [5, 5.41) is 3.98. The smallest absolute Gasteiger partial charge is 0.223 e.